The molecule has 3 aromatic rings. The molecular weight excluding hydrogens is 334 g/mol. The van der Waals surface area contributed by atoms with Crippen LogP contribution in [0.2, 0.25) is 0 Å². The van der Waals surface area contributed by atoms with Crippen molar-refractivity contribution in [3.8, 4) is 0 Å². The minimum atomic E-state index is -0.181. The SMILES string of the molecule is CC(C)Cn1nc(C(=O)N(C)Cc2ccsc2)c2ccccc2c1=O. The Morgan fingerprint density at radius 1 is 1.24 bits per heavy atom. The number of hydrogen-bond donors (Lipinski definition) is 0. The van der Waals surface area contributed by atoms with Crippen LogP contribution in [0, 0.1) is 5.92 Å². The number of nitrogens with zero attached hydrogens (tertiary/aromatic N) is 3. The lowest BCUT2D eigenvalue weighted by molar-refractivity contribution is 0.0778. The maximum absolute atomic E-state index is 13.0. The zero-order valence-electron chi connectivity index (χ0n) is 14.6. The van der Waals surface area contributed by atoms with Crippen molar-refractivity contribution in [2.45, 2.75) is 26.9 Å². The maximum Gasteiger partial charge on any atom is 0.274 e. The number of benzene rings is 1. The average Bonchev–Trinajstić information content (AvgIpc) is 3.09. The Bertz CT molecular complexity index is 945. The number of carbonyl (C=O) groups excluding carboxylic acids is 1. The van der Waals surface area contributed by atoms with Crippen LogP contribution in [0.15, 0.2) is 45.9 Å². The highest BCUT2D eigenvalue weighted by molar-refractivity contribution is 7.07. The zero-order valence-corrected chi connectivity index (χ0v) is 15.4. The topological polar surface area (TPSA) is 55.2 Å². The van der Waals surface area contributed by atoms with Crippen LogP contribution in [0.3, 0.4) is 0 Å². The first-order valence-corrected chi connectivity index (χ1v) is 9.18. The smallest absolute Gasteiger partial charge is 0.274 e. The Labute approximate surface area is 150 Å². The summed E-state index contributed by atoms with van der Waals surface area (Å²) >= 11 is 1.60. The van der Waals surface area contributed by atoms with E-state index in [1.807, 2.05) is 42.8 Å². The highest BCUT2D eigenvalue weighted by Crippen LogP contribution is 2.17. The molecule has 0 spiro atoms. The van der Waals surface area contributed by atoms with Crippen molar-refractivity contribution in [1.82, 2.24) is 14.7 Å². The van der Waals surface area contributed by atoms with Gasteiger partial charge in [-0.05, 0) is 34.4 Å². The summed E-state index contributed by atoms with van der Waals surface area (Å²) in [5.74, 6) is 0.0813. The highest BCUT2D eigenvalue weighted by Gasteiger charge is 2.20. The lowest BCUT2D eigenvalue weighted by atomic mass is 10.1. The standard InChI is InChI=1S/C19H21N3O2S/c1-13(2)10-22-18(23)16-7-5-4-6-15(16)17(20-22)19(24)21(3)11-14-8-9-25-12-14/h4-9,12-13H,10-11H2,1-3H3. The van der Waals surface area contributed by atoms with Gasteiger partial charge < -0.3 is 4.90 Å². The van der Waals surface area contributed by atoms with Crippen molar-refractivity contribution in [3.05, 3.63) is 62.7 Å². The molecule has 0 N–H and O–H groups in total. The molecule has 1 aromatic carbocycles. The number of fused-ring (bicyclic) bond motifs is 1. The Balaban J connectivity index is 2.06. The number of carbonyl (C=O) groups is 1. The molecule has 0 radical (unpaired) electrons. The van der Waals surface area contributed by atoms with Crippen LogP contribution in [-0.4, -0.2) is 27.6 Å². The van der Waals surface area contributed by atoms with Crippen LogP contribution in [0.25, 0.3) is 10.8 Å². The van der Waals surface area contributed by atoms with Crippen molar-refractivity contribution in [1.29, 1.82) is 0 Å². The molecule has 0 aliphatic carbocycles. The van der Waals surface area contributed by atoms with Crippen molar-refractivity contribution >= 4 is 28.0 Å². The lowest BCUT2D eigenvalue weighted by Gasteiger charge is -2.18. The fraction of sp³-hybridized carbons (Fsp3) is 0.316. The highest BCUT2D eigenvalue weighted by atomic mass is 32.1. The molecule has 0 atom stereocenters. The van der Waals surface area contributed by atoms with E-state index >= 15 is 0 Å². The molecule has 130 valence electrons. The number of thiophene rings is 1. The second-order valence-corrected chi connectivity index (χ2v) is 7.35. The number of hydrogen-bond acceptors (Lipinski definition) is 4. The van der Waals surface area contributed by atoms with Gasteiger partial charge >= 0.3 is 0 Å². The summed E-state index contributed by atoms with van der Waals surface area (Å²) in [6, 6.07) is 9.18. The fourth-order valence-corrected chi connectivity index (χ4v) is 3.43. The van der Waals surface area contributed by atoms with E-state index in [1.165, 1.54) is 4.68 Å². The summed E-state index contributed by atoms with van der Waals surface area (Å²) in [4.78, 5) is 27.3. The van der Waals surface area contributed by atoms with Gasteiger partial charge in [-0.3, -0.25) is 9.59 Å². The molecule has 25 heavy (non-hydrogen) atoms. The summed E-state index contributed by atoms with van der Waals surface area (Å²) in [5, 5.41) is 9.56. The largest absolute Gasteiger partial charge is 0.336 e. The Hall–Kier alpha value is -2.47. The van der Waals surface area contributed by atoms with Gasteiger partial charge in [-0.2, -0.15) is 16.4 Å². The van der Waals surface area contributed by atoms with Gasteiger partial charge in [0, 0.05) is 25.5 Å². The Morgan fingerprint density at radius 3 is 2.60 bits per heavy atom. The third-order valence-electron chi connectivity index (χ3n) is 3.95. The zero-order chi connectivity index (χ0) is 18.0. The van der Waals surface area contributed by atoms with E-state index in [4.69, 9.17) is 0 Å². The third-order valence-corrected chi connectivity index (χ3v) is 4.69. The van der Waals surface area contributed by atoms with Gasteiger partial charge in [0.1, 0.15) is 0 Å². The number of amides is 1. The normalized spacial score (nSPS) is 11.2. The van der Waals surface area contributed by atoms with Crippen molar-refractivity contribution in [2.24, 2.45) is 5.92 Å². The van der Waals surface area contributed by atoms with Gasteiger partial charge in [0.25, 0.3) is 11.5 Å². The van der Waals surface area contributed by atoms with E-state index < -0.39 is 0 Å². The van der Waals surface area contributed by atoms with E-state index in [9.17, 15) is 9.59 Å². The van der Waals surface area contributed by atoms with Crippen LogP contribution in [0.5, 0.6) is 0 Å². The van der Waals surface area contributed by atoms with Gasteiger partial charge in [0.15, 0.2) is 5.69 Å². The molecule has 1 amide bonds. The molecule has 0 aliphatic rings. The molecule has 5 nitrogen and oxygen atoms in total. The van der Waals surface area contributed by atoms with Crippen molar-refractivity contribution in [2.75, 3.05) is 7.05 Å². The molecule has 2 aromatic heterocycles. The lowest BCUT2D eigenvalue weighted by Crippen LogP contribution is -2.32. The van der Waals surface area contributed by atoms with Gasteiger partial charge in [0.05, 0.1) is 5.39 Å². The number of aromatic nitrogens is 2. The predicted octanol–water partition coefficient (Wildman–Crippen LogP) is 3.39. The van der Waals surface area contributed by atoms with Crippen LogP contribution in [0.1, 0.15) is 29.9 Å². The van der Waals surface area contributed by atoms with Crippen molar-refractivity contribution < 1.29 is 4.79 Å². The molecule has 0 saturated heterocycles. The van der Waals surface area contributed by atoms with E-state index in [0.717, 1.165) is 5.56 Å². The predicted molar refractivity (Wildman–Crippen MR) is 101 cm³/mol. The maximum atomic E-state index is 13.0. The first kappa shape index (κ1) is 17.4. The molecule has 3 rings (SSSR count). The van der Waals surface area contributed by atoms with Crippen LogP contribution < -0.4 is 5.56 Å². The molecule has 2 heterocycles. The van der Waals surface area contributed by atoms with Gasteiger partial charge in [-0.25, -0.2) is 4.68 Å². The average molecular weight is 355 g/mol. The monoisotopic (exact) mass is 355 g/mol. The molecule has 0 bridgehead atoms. The first-order chi connectivity index (χ1) is 12.0. The van der Waals surface area contributed by atoms with E-state index in [0.29, 0.717) is 29.6 Å². The van der Waals surface area contributed by atoms with E-state index in [2.05, 4.69) is 5.10 Å². The van der Waals surface area contributed by atoms with Gasteiger partial charge in [-0.1, -0.05) is 32.0 Å². The molecular formula is C19H21N3O2S. The van der Waals surface area contributed by atoms with Gasteiger partial charge in [0.2, 0.25) is 0 Å². The van der Waals surface area contributed by atoms with E-state index in [1.54, 1.807) is 35.4 Å². The fourth-order valence-electron chi connectivity index (χ4n) is 2.77. The molecule has 0 saturated carbocycles. The molecule has 0 unspecified atom stereocenters. The van der Waals surface area contributed by atoms with Crippen molar-refractivity contribution in [3.63, 3.8) is 0 Å². The molecule has 0 aliphatic heterocycles. The minimum absolute atomic E-state index is 0.152. The number of rotatable bonds is 5. The third kappa shape index (κ3) is 3.64. The summed E-state index contributed by atoms with van der Waals surface area (Å²) in [5.41, 5.74) is 1.26. The summed E-state index contributed by atoms with van der Waals surface area (Å²) in [6.07, 6.45) is 0. The Kier molecular flexibility index (Phi) is 4.99. The second-order valence-electron chi connectivity index (χ2n) is 6.57. The quantitative estimate of drug-likeness (QED) is 0.705. The van der Waals surface area contributed by atoms with Crippen LogP contribution >= 0.6 is 11.3 Å². The van der Waals surface area contributed by atoms with E-state index in [-0.39, 0.29) is 17.4 Å². The summed E-state index contributed by atoms with van der Waals surface area (Å²) in [6.45, 7) is 5.04. The van der Waals surface area contributed by atoms with Crippen LogP contribution in [-0.2, 0) is 13.1 Å². The minimum Gasteiger partial charge on any atom is -0.336 e. The summed E-state index contributed by atoms with van der Waals surface area (Å²) < 4.78 is 1.42. The molecule has 6 heteroatoms. The van der Waals surface area contributed by atoms with Gasteiger partial charge in [-0.15, -0.1) is 0 Å². The summed E-state index contributed by atoms with van der Waals surface area (Å²) in [7, 11) is 1.76. The second kappa shape index (κ2) is 7.19. The first-order valence-electron chi connectivity index (χ1n) is 8.23. The van der Waals surface area contributed by atoms with Crippen LogP contribution in [0.4, 0.5) is 0 Å². The molecule has 0 fully saturated rings. The Morgan fingerprint density at radius 2 is 1.96 bits per heavy atom.